The van der Waals surface area contributed by atoms with Crippen molar-refractivity contribution in [3.63, 3.8) is 0 Å². The highest BCUT2D eigenvalue weighted by molar-refractivity contribution is 6.06. The van der Waals surface area contributed by atoms with Crippen molar-refractivity contribution < 1.29 is 14.0 Å². The van der Waals surface area contributed by atoms with Gasteiger partial charge >= 0.3 is 6.03 Å². The summed E-state index contributed by atoms with van der Waals surface area (Å²) in [5, 5.41) is 9.10. The van der Waals surface area contributed by atoms with Crippen LogP contribution >= 0.6 is 0 Å². The normalized spacial score (nSPS) is 12.3. The van der Waals surface area contributed by atoms with E-state index in [4.69, 9.17) is 0 Å². The number of aromatic nitrogens is 3. The number of para-hydroxylation sites is 1. The number of nitrogens with one attached hydrogen (secondary N) is 4. The largest absolute Gasteiger partial charge is 0.348 e. The van der Waals surface area contributed by atoms with E-state index in [0.29, 0.717) is 39.5 Å². The van der Waals surface area contributed by atoms with Crippen molar-refractivity contribution in [2.45, 2.75) is 13.5 Å². The van der Waals surface area contributed by atoms with E-state index in [0.717, 1.165) is 16.6 Å². The molecule has 6 rings (SSSR count). The minimum Gasteiger partial charge on any atom is -0.348 e. The van der Waals surface area contributed by atoms with Gasteiger partial charge in [0.2, 0.25) is 0 Å². The van der Waals surface area contributed by atoms with Crippen LogP contribution in [-0.2, 0) is 6.54 Å². The minimum absolute atomic E-state index is 0.224. The number of anilines is 2. The molecule has 3 aromatic carbocycles. The second-order valence-corrected chi connectivity index (χ2v) is 8.77. The molecule has 0 aliphatic carbocycles. The lowest BCUT2D eigenvalue weighted by Gasteiger charge is -2.13. The van der Waals surface area contributed by atoms with Crippen molar-refractivity contribution in [3.05, 3.63) is 95.6 Å². The van der Waals surface area contributed by atoms with Crippen LogP contribution in [0.2, 0.25) is 0 Å². The number of aromatic amines is 1. The monoisotopic (exact) mass is 492 g/mol. The zero-order valence-electron chi connectivity index (χ0n) is 19.7. The first-order valence-corrected chi connectivity index (χ1v) is 11.7. The molecular weight excluding hydrogens is 471 g/mol. The van der Waals surface area contributed by atoms with Gasteiger partial charge in [-0.25, -0.2) is 19.2 Å². The summed E-state index contributed by atoms with van der Waals surface area (Å²) in [6.45, 7) is 2.17. The molecule has 0 saturated heterocycles. The first-order chi connectivity index (χ1) is 18.0. The fourth-order valence-electron chi connectivity index (χ4n) is 4.57. The van der Waals surface area contributed by atoms with E-state index in [9.17, 15) is 9.59 Å². The number of fused-ring (bicyclic) bond motifs is 2. The second-order valence-electron chi connectivity index (χ2n) is 8.77. The number of aryl methyl sites for hydroxylation is 1. The molecule has 4 N–H and O–H groups in total. The third-order valence-electron chi connectivity index (χ3n) is 6.28. The molecule has 0 bridgehead atoms. The fraction of sp³-hybridized carbons (Fsp3) is 0.0714. The Labute approximate surface area is 211 Å². The van der Waals surface area contributed by atoms with E-state index in [2.05, 4.69) is 30.9 Å². The van der Waals surface area contributed by atoms with Crippen molar-refractivity contribution in [3.8, 4) is 22.5 Å². The summed E-state index contributed by atoms with van der Waals surface area (Å²) in [7, 11) is 0. The summed E-state index contributed by atoms with van der Waals surface area (Å²) in [4.78, 5) is 37.0. The van der Waals surface area contributed by atoms with Crippen molar-refractivity contribution in [1.82, 2.24) is 20.3 Å². The number of amides is 3. The predicted octanol–water partition coefficient (Wildman–Crippen LogP) is 5.63. The molecule has 3 amide bonds. The number of nitrogens with zero attached hydrogens (tertiary/aromatic N) is 2. The quantitative estimate of drug-likeness (QED) is 0.261. The summed E-state index contributed by atoms with van der Waals surface area (Å²) in [5.74, 6) is 0.223. The number of benzene rings is 3. The van der Waals surface area contributed by atoms with Crippen LogP contribution in [0.1, 0.15) is 21.6 Å². The van der Waals surface area contributed by atoms with Crippen LogP contribution in [0.3, 0.4) is 0 Å². The Morgan fingerprint density at radius 2 is 1.78 bits per heavy atom. The van der Waals surface area contributed by atoms with Crippen LogP contribution in [0, 0.1) is 12.7 Å². The maximum atomic E-state index is 15.3. The predicted molar refractivity (Wildman–Crippen MR) is 140 cm³/mol. The Morgan fingerprint density at radius 1 is 0.973 bits per heavy atom. The van der Waals surface area contributed by atoms with Crippen molar-refractivity contribution >= 4 is 34.3 Å². The summed E-state index contributed by atoms with van der Waals surface area (Å²) >= 11 is 0. The van der Waals surface area contributed by atoms with Gasteiger partial charge in [0.15, 0.2) is 0 Å². The van der Waals surface area contributed by atoms with Gasteiger partial charge in [-0.15, -0.1) is 0 Å². The Morgan fingerprint density at radius 3 is 2.59 bits per heavy atom. The lowest BCUT2D eigenvalue weighted by Crippen LogP contribution is -2.20. The highest BCUT2D eigenvalue weighted by Crippen LogP contribution is 2.36. The first-order valence-electron chi connectivity index (χ1n) is 11.7. The Balaban J connectivity index is 1.25. The third-order valence-corrected chi connectivity index (χ3v) is 6.28. The molecule has 0 atom stereocenters. The van der Waals surface area contributed by atoms with E-state index in [-0.39, 0.29) is 18.1 Å². The molecule has 9 heteroatoms. The Hall–Kier alpha value is -5.05. The molecule has 1 aliphatic heterocycles. The van der Waals surface area contributed by atoms with Gasteiger partial charge < -0.3 is 15.6 Å². The molecule has 0 unspecified atom stereocenters. The zero-order valence-corrected chi connectivity index (χ0v) is 19.7. The second kappa shape index (κ2) is 8.87. The Kier molecular flexibility index (Phi) is 5.37. The van der Waals surface area contributed by atoms with E-state index >= 15 is 4.39 Å². The van der Waals surface area contributed by atoms with E-state index in [1.807, 2.05) is 37.3 Å². The van der Waals surface area contributed by atoms with Crippen molar-refractivity contribution in [1.29, 1.82) is 0 Å². The number of imidazole rings is 1. The number of hydrogen-bond donors (Lipinski definition) is 4. The van der Waals surface area contributed by atoms with Crippen LogP contribution in [0.25, 0.3) is 33.4 Å². The maximum absolute atomic E-state index is 15.3. The zero-order chi connectivity index (χ0) is 25.5. The van der Waals surface area contributed by atoms with Gasteiger partial charge in [-0.05, 0) is 60.5 Å². The van der Waals surface area contributed by atoms with Crippen molar-refractivity contribution in [2.75, 3.05) is 10.6 Å². The number of urea groups is 1. The first kappa shape index (κ1) is 22.4. The SMILES string of the molecule is Cc1cnc(-c2ccc(-c3ccc(NC(=O)Nc4ccc5ccccc5n4)cc3F)c3c2C(=O)NC3)[nH]1. The molecule has 1 aliphatic rings. The summed E-state index contributed by atoms with van der Waals surface area (Å²) < 4.78 is 15.3. The fourth-order valence-corrected chi connectivity index (χ4v) is 4.57. The summed E-state index contributed by atoms with van der Waals surface area (Å²) in [6, 6.07) is 18.6. The van der Waals surface area contributed by atoms with Crippen LogP contribution in [0.4, 0.5) is 20.7 Å². The molecule has 182 valence electrons. The molecule has 37 heavy (non-hydrogen) atoms. The number of rotatable bonds is 4. The van der Waals surface area contributed by atoms with Gasteiger partial charge in [0.05, 0.1) is 11.1 Å². The molecular formula is C28H21FN6O2. The van der Waals surface area contributed by atoms with Gasteiger partial charge in [-0.2, -0.15) is 0 Å². The Bertz CT molecular complexity index is 1710. The van der Waals surface area contributed by atoms with Gasteiger partial charge in [-0.3, -0.25) is 10.1 Å². The molecule has 2 aromatic heterocycles. The highest BCUT2D eigenvalue weighted by Gasteiger charge is 2.28. The van der Waals surface area contributed by atoms with Gasteiger partial charge in [0, 0.05) is 40.6 Å². The van der Waals surface area contributed by atoms with Crippen LogP contribution in [-0.4, -0.2) is 26.9 Å². The van der Waals surface area contributed by atoms with Gasteiger partial charge in [0.1, 0.15) is 17.5 Å². The molecule has 0 fully saturated rings. The standard InChI is InChI=1S/C28H21FN6O2/c1-15-13-30-26(32-15)20-10-9-18(21-14-31-27(36)25(20)21)19-8-7-17(12-22(19)29)33-28(37)35-24-11-6-16-4-2-3-5-23(16)34-24/h2-13H,14H2,1H3,(H,30,32)(H,31,36)(H2,33,34,35,37). The average molecular weight is 493 g/mol. The van der Waals surface area contributed by atoms with Crippen LogP contribution in [0.15, 0.2) is 72.9 Å². The molecule has 0 spiro atoms. The highest BCUT2D eigenvalue weighted by atomic mass is 19.1. The molecule has 8 nitrogen and oxygen atoms in total. The molecule has 0 radical (unpaired) electrons. The number of H-pyrrole nitrogens is 1. The number of carbonyl (C=O) groups is 2. The smallest absolute Gasteiger partial charge is 0.324 e. The number of pyridine rings is 1. The van der Waals surface area contributed by atoms with Gasteiger partial charge in [-0.1, -0.05) is 24.3 Å². The van der Waals surface area contributed by atoms with Crippen LogP contribution < -0.4 is 16.0 Å². The number of halogens is 1. The molecule has 0 saturated carbocycles. The van der Waals surface area contributed by atoms with E-state index in [1.54, 1.807) is 36.5 Å². The molecule has 3 heterocycles. The average Bonchev–Trinajstić information content (AvgIpc) is 3.50. The van der Waals surface area contributed by atoms with Gasteiger partial charge in [0.25, 0.3) is 5.91 Å². The number of carbonyl (C=O) groups excluding carboxylic acids is 2. The van der Waals surface area contributed by atoms with E-state index in [1.165, 1.54) is 6.07 Å². The maximum Gasteiger partial charge on any atom is 0.324 e. The topological polar surface area (TPSA) is 112 Å². The summed E-state index contributed by atoms with van der Waals surface area (Å²) in [5.41, 5.74) is 4.70. The molecule has 5 aromatic rings. The van der Waals surface area contributed by atoms with Crippen molar-refractivity contribution in [2.24, 2.45) is 0 Å². The number of hydrogen-bond acceptors (Lipinski definition) is 4. The lowest BCUT2D eigenvalue weighted by atomic mass is 9.92. The summed E-state index contributed by atoms with van der Waals surface area (Å²) in [6.07, 6.45) is 1.69. The minimum atomic E-state index is -0.538. The van der Waals surface area contributed by atoms with E-state index < -0.39 is 11.8 Å². The van der Waals surface area contributed by atoms with Crippen LogP contribution in [0.5, 0.6) is 0 Å². The lowest BCUT2D eigenvalue weighted by molar-refractivity contribution is 0.0966. The third kappa shape index (κ3) is 4.16.